The van der Waals surface area contributed by atoms with Crippen LogP contribution in [-0.4, -0.2) is 48.5 Å². The second-order valence-corrected chi connectivity index (χ2v) is 10.9. The van der Waals surface area contributed by atoms with Crippen molar-refractivity contribution in [3.63, 3.8) is 0 Å². The Balaban J connectivity index is 1.45. The summed E-state index contributed by atoms with van der Waals surface area (Å²) in [6.07, 6.45) is 0.405. The average molecular weight is 491 g/mol. The van der Waals surface area contributed by atoms with E-state index in [4.69, 9.17) is 9.26 Å². The Morgan fingerprint density at radius 3 is 2.60 bits per heavy atom. The van der Waals surface area contributed by atoms with E-state index in [0.29, 0.717) is 18.8 Å². The van der Waals surface area contributed by atoms with Crippen LogP contribution in [0.15, 0.2) is 77.3 Å². The molecule has 4 aromatic rings. The normalized spacial score (nSPS) is 16.9. The highest BCUT2D eigenvalue weighted by atomic mass is 32.2. The Bertz CT molecular complexity index is 1460. The van der Waals surface area contributed by atoms with Crippen LogP contribution in [0.1, 0.15) is 29.4 Å². The molecule has 7 nitrogen and oxygen atoms in total. The highest BCUT2D eigenvalue weighted by Crippen LogP contribution is 2.28. The maximum atomic E-state index is 13.7. The predicted octanol–water partition coefficient (Wildman–Crippen LogP) is 4.72. The van der Waals surface area contributed by atoms with E-state index in [1.54, 1.807) is 11.0 Å². The van der Waals surface area contributed by atoms with Gasteiger partial charge in [-0.25, -0.2) is 8.42 Å². The summed E-state index contributed by atoms with van der Waals surface area (Å²) >= 11 is 0. The smallest absolute Gasteiger partial charge is 0.276 e. The molecule has 180 valence electrons. The van der Waals surface area contributed by atoms with Gasteiger partial charge in [0.1, 0.15) is 5.75 Å². The lowest BCUT2D eigenvalue weighted by Crippen LogP contribution is -2.40. The molecule has 0 bridgehead atoms. The lowest BCUT2D eigenvalue weighted by molar-refractivity contribution is 0.0671. The van der Waals surface area contributed by atoms with Gasteiger partial charge in [0.05, 0.1) is 18.1 Å². The van der Waals surface area contributed by atoms with Gasteiger partial charge in [0.2, 0.25) is 0 Å². The van der Waals surface area contributed by atoms with Gasteiger partial charge in [-0.15, -0.1) is 0 Å². The highest BCUT2D eigenvalue weighted by molar-refractivity contribution is 7.91. The summed E-state index contributed by atoms with van der Waals surface area (Å²) in [6, 6.07) is 22.4. The predicted molar refractivity (Wildman–Crippen MR) is 134 cm³/mol. The molecule has 35 heavy (non-hydrogen) atoms. The third-order valence-corrected chi connectivity index (χ3v) is 8.06. The quantitative estimate of drug-likeness (QED) is 0.372. The zero-order valence-corrected chi connectivity index (χ0v) is 20.2. The van der Waals surface area contributed by atoms with Gasteiger partial charge in [0.25, 0.3) is 5.91 Å². The molecule has 0 radical (unpaired) electrons. The zero-order valence-electron chi connectivity index (χ0n) is 19.4. The van der Waals surface area contributed by atoms with Gasteiger partial charge in [0.15, 0.2) is 21.3 Å². The maximum Gasteiger partial charge on any atom is 0.276 e. The molecule has 2 heterocycles. The van der Waals surface area contributed by atoms with Crippen LogP contribution >= 0.6 is 0 Å². The monoisotopic (exact) mass is 490 g/mol. The Morgan fingerprint density at radius 2 is 1.86 bits per heavy atom. The number of sulfone groups is 1. The van der Waals surface area contributed by atoms with E-state index in [0.717, 1.165) is 27.6 Å². The molecule has 1 amide bonds. The van der Waals surface area contributed by atoms with E-state index in [1.807, 2.05) is 73.7 Å². The lowest BCUT2D eigenvalue weighted by atomic mass is 10.0. The lowest BCUT2D eigenvalue weighted by Gasteiger charge is -2.28. The fourth-order valence-electron chi connectivity index (χ4n) is 4.54. The minimum atomic E-state index is -3.19. The van der Waals surface area contributed by atoms with Crippen molar-refractivity contribution in [2.75, 3.05) is 18.1 Å². The second-order valence-electron chi connectivity index (χ2n) is 8.66. The zero-order chi connectivity index (χ0) is 24.4. The summed E-state index contributed by atoms with van der Waals surface area (Å²) < 4.78 is 35.5. The van der Waals surface area contributed by atoms with E-state index in [9.17, 15) is 13.2 Å². The Hall–Kier alpha value is -3.65. The number of amides is 1. The Labute approximate surface area is 204 Å². The summed E-state index contributed by atoms with van der Waals surface area (Å²) in [5.74, 6) is 0.887. The van der Waals surface area contributed by atoms with Crippen molar-refractivity contribution in [3.05, 3.63) is 84.1 Å². The first-order valence-electron chi connectivity index (χ1n) is 11.6. The highest BCUT2D eigenvalue weighted by Gasteiger charge is 2.36. The number of rotatable bonds is 7. The molecule has 1 saturated heterocycles. The number of fused-ring (bicyclic) bond motifs is 1. The minimum Gasteiger partial charge on any atom is -0.494 e. The first-order chi connectivity index (χ1) is 16.9. The van der Waals surface area contributed by atoms with Crippen LogP contribution in [-0.2, 0) is 16.4 Å². The number of benzene rings is 3. The molecule has 1 unspecified atom stereocenters. The van der Waals surface area contributed by atoms with Crippen molar-refractivity contribution in [2.24, 2.45) is 0 Å². The number of carbonyl (C=O) groups is 1. The van der Waals surface area contributed by atoms with Gasteiger partial charge in [0, 0.05) is 24.2 Å². The SMILES string of the molecule is CCOc1ccc(-c2cc(C(=O)N(Cc3cccc4ccccc34)C3CCS(=O)(=O)C3)no2)cc1. The molecule has 3 aromatic carbocycles. The maximum absolute atomic E-state index is 13.7. The molecule has 1 atom stereocenters. The topological polar surface area (TPSA) is 89.7 Å². The van der Waals surface area contributed by atoms with Gasteiger partial charge >= 0.3 is 0 Å². The molecule has 1 aromatic heterocycles. The molecule has 0 saturated carbocycles. The van der Waals surface area contributed by atoms with Crippen molar-refractivity contribution < 1.29 is 22.5 Å². The Morgan fingerprint density at radius 1 is 1.09 bits per heavy atom. The number of carbonyl (C=O) groups excluding carboxylic acids is 1. The van der Waals surface area contributed by atoms with Crippen molar-refractivity contribution in [1.29, 1.82) is 0 Å². The first kappa shape index (κ1) is 23.1. The second kappa shape index (κ2) is 9.54. The van der Waals surface area contributed by atoms with Gasteiger partial charge in [-0.05, 0) is 53.9 Å². The summed E-state index contributed by atoms with van der Waals surface area (Å²) in [6.45, 7) is 2.77. The summed E-state index contributed by atoms with van der Waals surface area (Å²) in [4.78, 5) is 15.3. The van der Waals surface area contributed by atoms with Crippen molar-refractivity contribution >= 4 is 26.5 Å². The van der Waals surface area contributed by atoms with Gasteiger partial charge in [-0.1, -0.05) is 47.6 Å². The summed E-state index contributed by atoms with van der Waals surface area (Å²) in [5.41, 5.74) is 1.87. The van der Waals surface area contributed by atoms with Crippen LogP contribution in [0, 0.1) is 0 Å². The number of nitrogens with zero attached hydrogens (tertiary/aromatic N) is 2. The van der Waals surface area contributed by atoms with Crippen LogP contribution < -0.4 is 4.74 Å². The van der Waals surface area contributed by atoms with Gasteiger partial charge in [-0.2, -0.15) is 0 Å². The van der Waals surface area contributed by atoms with E-state index < -0.39 is 15.9 Å². The van der Waals surface area contributed by atoms with Crippen molar-refractivity contribution in [3.8, 4) is 17.1 Å². The molecule has 1 aliphatic rings. The van der Waals surface area contributed by atoms with Crippen LogP contribution in [0.2, 0.25) is 0 Å². The van der Waals surface area contributed by atoms with E-state index in [2.05, 4.69) is 5.16 Å². The number of aromatic nitrogens is 1. The number of hydrogen-bond donors (Lipinski definition) is 0. The largest absolute Gasteiger partial charge is 0.494 e. The van der Waals surface area contributed by atoms with E-state index in [-0.39, 0.29) is 29.7 Å². The van der Waals surface area contributed by atoms with Crippen molar-refractivity contribution in [1.82, 2.24) is 10.1 Å². The van der Waals surface area contributed by atoms with Crippen LogP contribution in [0.3, 0.4) is 0 Å². The van der Waals surface area contributed by atoms with Crippen molar-refractivity contribution in [2.45, 2.75) is 25.9 Å². The average Bonchev–Trinajstić information content (AvgIpc) is 3.49. The molecule has 8 heteroatoms. The van der Waals surface area contributed by atoms with E-state index in [1.165, 1.54) is 0 Å². The fourth-order valence-corrected chi connectivity index (χ4v) is 6.27. The molecule has 0 N–H and O–H groups in total. The molecule has 5 rings (SSSR count). The van der Waals surface area contributed by atoms with Gasteiger partial charge < -0.3 is 14.2 Å². The molecule has 1 aliphatic heterocycles. The molecule has 0 aliphatic carbocycles. The fraction of sp³-hybridized carbons (Fsp3) is 0.259. The standard InChI is InChI=1S/C27H26N2O5S/c1-2-33-23-12-10-20(11-13-23)26-16-25(28-34-26)27(30)29(22-14-15-35(31,32)18-22)17-21-8-5-7-19-6-3-4-9-24(19)21/h3-13,16,22H,2,14-15,17-18H2,1H3. The first-order valence-corrected chi connectivity index (χ1v) is 13.4. The molecular weight excluding hydrogens is 464 g/mol. The number of hydrogen-bond acceptors (Lipinski definition) is 6. The van der Waals surface area contributed by atoms with Crippen LogP contribution in [0.25, 0.3) is 22.1 Å². The minimum absolute atomic E-state index is 0.0485. The molecular formula is C27H26N2O5S. The number of ether oxygens (including phenoxy) is 1. The Kier molecular flexibility index (Phi) is 6.30. The molecule has 0 spiro atoms. The van der Waals surface area contributed by atoms with Crippen LogP contribution in [0.4, 0.5) is 0 Å². The molecule has 1 fully saturated rings. The van der Waals surface area contributed by atoms with Crippen LogP contribution in [0.5, 0.6) is 5.75 Å². The summed E-state index contributed by atoms with van der Waals surface area (Å²) in [7, 11) is -3.19. The third kappa shape index (κ3) is 4.93. The van der Waals surface area contributed by atoms with E-state index >= 15 is 0 Å². The van der Waals surface area contributed by atoms with Gasteiger partial charge in [-0.3, -0.25) is 4.79 Å². The third-order valence-electron chi connectivity index (χ3n) is 6.31. The summed E-state index contributed by atoms with van der Waals surface area (Å²) in [5, 5.41) is 6.13.